The van der Waals surface area contributed by atoms with Crippen molar-refractivity contribution in [2.24, 2.45) is 0 Å². The van der Waals surface area contributed by atoms with Crippen LogP contribution in [0.2, 0.25) is 0 Å². The van der Waals surface area contributed by atoms with Gasteiger partial charge in [-0.05, 0) is 31.4 Å². The summed E-state index contributed by atoms with van der Waals surface area (Å²) in [6, 6.07) is 4.77. The van der Waals surface area contributed by atoms with Gasteiger partial charge in [0.25, 0.3) is 5.91 Å². The maximum Gasteiger partial charge on any atom is 0.339 e. The smallest absolute Gasteiger partial charge is 0.339 e. The van der Waals surface area contributed by atoms with Gasteiger partial charge in [0.1, 0.15) is 17.1 Å². The molecular weight excluding hydrogens is 294 g/mol. The van der Waals surface area contributed by atoms with Crippen LogP contribution >= 0.6 is 11.8 Å². The lowest BCUT2D eigenvalue weighted by atomic mass is 10.2. The number of carbonyl (C=O) groups excluding carboxylic acids is 1. The number of carboxylic acids is 1. The van der Waals surface area contributed by atoms with E-state index in [2.05, 4.69) is 0 Å². The van der Waals surface area contributed by atoms with Gasteiger partial charge in [-0.2, -0.15) is 0 Å². The fourth-order valence-electron chi connectivity index (χ4n) is 1.87. The van der Waals surface area contributed by atoms with Crippen molar-refractivity contribution < 1.29 is 23.5 Å². The summed E-state index contributed by atoms with van der Waals surface area (Å²) in [5, 5.41) is 9.63. The minimum absolute atomic E-state index is 0.105. The molecule has 0 aliphatic rings. The summed E-state index contributed by atoms with van der Waals surface area (Å²) in [4.78, 5) is 24.5. The number of rotatable bonds is 5. The van der Waals surface area contributed by atoms with Gasteiger partial charge < -0.3 is 18.8 Å². The van der Waals surface area contributed by atoms with Crippen LogP contribution in [0.5, 0.6) is 0 Å². The number of thioether (sulfide) groups is 1. The van der Waals surface area contributed by atoms with Gasteiger partial charge in [-0.15, -0.1) is 0 Å². The summed E-state index contributed by atoms with van der Waals surface area (Å²) >= 11 is 1.41. The Morgan fingerprint density at radius 2 is 2.05 bits per heavy atom. The van der Waals surface area contributed by atoms with E-state index in [0.29, 0.717) is 16.6 Å². The average molecular weight is 309 g/mol. The highest BCUT2D eigenvalue weighted by Gasteiger charge is 2.19. The van der Waals surface area contributed by atoms with E-state index in [-0.39, 0.29) is 23.8 Å². The molecule has 0 aliphatic carbocycles. The number of carboxylic acid groups (broad SMARTS) is 1. The molecule has 0 fully saturated rings. The van der Waals surface area contributed by atoms with Gasteiger partial charge in [-0.1, -0.05) is 11.8 Å². The van der Waals surface area contributed by atoms with Crippen molar-refractivity contribution in [3.05, 3.63) is 41.0 Å². The lowest BCUT2D eigenvalue weighted by molar-refractivity contribution is 0.0693. The Morgan fingerprint density at radius 1 is 1.33 bits per heavy atom. The summed E-state index contributed by atoms with van der Waals surface area (Å²) in [7, 11) is 1.60. The third-order valence-corrected chi connectivity index (χ3v) is 3.55. The fourth-order valence-corrected chi connectivity index (χ4v) is 2.25. The van der Waals surface area contributed by atoms with Gasteiger partial charge >= 0.3 is 5.97 Å². The Labute approximate surface area is 125 Å². The van der Waals surface area contributed by atoms with Crippen LogP contribution in [0.25, 0.3) is 0 Å². The molecule has 0 unspecified atom stereocenters. The molecule has 112 valence electrons. The van der Waals surface area contributed by atoms with Gasteiger partial charge in [0.05, 0.1) is 6.54 Å². The highest BCUT2D eigenvalue weighted by Crippen LogP contribution is 2.20. The molecule has 1 amide bonds. The Morgan fingerprint density at radius 3 is 2.57 bits per heavy atom. The molecule has 2 heterocycles. The SMILES string of the molecule is CSc1ccc(C(=O)N(C)Cc2cc(C(=O)O)c(C)o2)o1. The molecule has 0 aliphatic heterocycles. The molecule has 0 spiro atoms. The second kappa shape index (κ2) is 6.09. The highest BCUT2D eigenvalue weighted by atomic mass is 32.2. The lowest BCUT2D eigenvalue weighted by Gasteiger charge is -2.13. The molecule has 0 bridgehead atoms. The predicted octanol–water partition coefficient (Wildman–Crippen LogP) is 2.87. The normalized spacial score (nSPS) is 10.6. The van der Waals surface area contributed by atoms with Crippen molar-refractivity contribution in [1.82, 2.24) is 4.90 Å². The Kier molecular flexibility index (Phi) is 4.42. The lowest BCUT2D eigenvalue weighted by Crippen LogP contribution is -2.25. The third kappa shape index (κ3) is 3.30. The molecule has 2 rings (SSSR count). The maximum absolute atomic E-state index is 12.2. The fraction of sp³-hybridized carbons (Fsp3) is 0.286. The number of furan rings is 2. The second-order valence-corrected chi connectivity index (χ2v) is 5.28. The van der Waals surface area contributed by atoms with E-state index < -0.39 is 5.97 Å². The molecule has 6 nitrogen and oxygen atoms in total. The largest absolute Gasteiger partial charge is 0.478 e. The number of hydrogen-bond donors (Lipinski definition) is 1. The summed E-state index contributed by atoms with van der Waals surface area (Å²) in [6.45, 7) is 1.74. The van der Waals surface area contributed by atoms with E-state index in [1.165, 1.54) is 22.7 Å². The molecule has 0 saturated carbocycles. The first-order valence-electron chi connectivity index (χ1n) is 6.14. The maximum atomic E-state index is 12.2. The minimum atomic E-state index is -1.05. The molecule has 21 heavy (non-hydrogen) atoms. The Hall–Kier alpha value is -2.15. The van der Waals surface area contributed by atoms with Crippen LogP contribution in [0.1, 0.15) is 32.4 Å². The predicted molar refractivity (Wildman–Crippen MR) is 76.7 cm³/mol. The van der Waals surface area contributed by atoms with Crippen molar-refractivity contribution in [1.29, 1.82) is 0 Å². The monoisotopic (exact) mass is 309 g/mol. The topological polar surface area (TPSA) is 83.9 Å². The van der Waals surface area contributed by atoms with Crippen molar-refractivity contribution in [2.75, 3.05) is 13.3 Å². The van der Waals surface area contributed by atoms with Crippen LogP contribution in [0, 0.1) is 6.92 Å². The van der Waals surface area contributed by atoms with E-state index in [0.717, 1.165) is 0 Å². The molecular formula is C14H15NO5S. The summed E-state index contributed by atoms with van der Waals surface area (Å²) < 4.78 is 10.7. The van der Waals surface area contributed by atoms with Crippen LogP contribution in [-0.2, 0) is 6.54 Å². The van der Waals surface area contributed by atoms with Crippen molar-refractivity contribution in [3.63, 3.8) is 0 Å². The zero-order valence-corrected chi connectivity index (χ0v) is 12.7. The van der Waals surface area contributed by atoms with E-state index in [4.69, 9.17) is 13.9 Å². The van der Waals surface area contributed by atoms with Crippen LogP contribution < -0.4 is 0 Å². The Bertz CT molecular complexity index is 673. The number of amides is 1. The van der Waals surface area contributed by atoms with E-state index in [9.17, 15) is 9.59 Å². The van der Waals surface area contributed by atoms with Crippen LogP contribution in [0.15, 0.2) is 32.1 Å². The summed E-state index contributed by atoms with van der Waals surface area (Å²) in [5.41, 5.74) is 0.105. The third-order valence-electron chi connectivity index (χ3n) is 2.93. The zero-order valence-electron chi connectivity index (χ0n) is 11.9. The number of hydrogen-bond acceptors (Lipinski definition) is 5. The first-order chi connectivity index (χ1) is 9.92. The molecule has 0 saturated heterocycles. The molecule has 2 aromatic rings. The minimum Gasteiger partial charge on any atom is -0.478 e. The van der Waals surface area contributed by atoms with Gasteiger partial charge in [-0.25, -0.2) is 4.79 Å². The van der Waals surface area contributed by atoms with E-state index in [1.54, 1.807) is 26.1 Å². The number of carbonyl (C=O) groups is 2. The van der Waals surface area contributed by atoms with Crippen molar-refractivity contribution in [2.45, 2.75) is 18.6 Å². The van der Waals surface area contributed by atoms with Gasteiger partial charge in [-0.3, -0.25) is 4.79 Å². The summed E-state index contributed by atoms with van der Waals surface area (Å²) in [5.74, 6) is -0.365. The first-order valence-corrected chi connectivity index (χ1v) is 7.36. The van der Waals surface area contributed by atoms with E-state index >= 15 is 0 Å². The van der Waals surface area contributed by atoms with Crippen LogP contribution in [-0.4, -0.2) is 35.2 Å². The van der Waals surface area contributed by atoms with Crippen molar-refractivity contribution >= 4 is 23.6 Å². The van der Waals surface area contributed by atoms with Crippen LogP contribution in [0.3, 0.4) is 0 Å². The van der Waals surface area contributed by atoms with E-state index in [1.807, 2.05) is 6.26 Å². The second-order valence-electron chi connectivity index (χ2n) is 4.47. The number of aryl methyl sites for hydroxylation is 1. The Balaban J connectivity index is 2.10. The molecule has 0 radical (unpaired) electrons. The average Bonchev–Trinajstić information content (AvgIpc) is 3.04. The zero-order chi connectivity index (χ0) is 15.6. The number of nitrogens with zero attached hydrogens (tertiary/aromatic N) is 1. The van der Waals surface area contributed by atoms with Gasteiger partial charge in [0, 0.05) is 7.05 Å². The first kappa shape index (κ1) is 15.2. The van der Waals surface area contributed by atoms with Gasteiger partial charge in [0.15, 0.2) is 10.9 Å². The van der Waals surface area contributed by atoms with Crippen LogP contribution in [0.4, 0.5) is 0 Å². The molecule has 7 heteroatoms. The summed E-state index contributed by atoms with van der Waals surface area (Å²) in [6.07, 6.45) is 1.86. The quantitative estimate of drug-likeness (QED) is 0.855. The molecule has 0 aromatic carbocycles. The highest BCUT2D eigenvalue weighted by molar-refractivity contribution is 7.98. The van der Waals surface area contributed by atoms with Crippen molar-refractivity contribution in [3.8, 4) is 0 Å². The standard InChI is InChI=1S/C14H15NO5S/c1-8-10(14(17)18)6-9(19-8)7-15(2)13(16)11-4-5-12(20-11)21-3/h4-6H,7H2,1-3H3,(H,17,18). The molecule has 1 N–H and O–H groups in total. The molecule has 2 aromatic heterocycles. The van der Waals surface area contributed by atoms with Gasteiger partial charge in [0.2, 0.25) is 0 Å². The number of aromatic carboxylic acids is 1. The molecule has 0 atom stereocenters.